The molecular formula is C11H12N2O4S2. The molecule has 0 spiro atoms. The van der Waals surface area contributed by atoms with E-state index in [0.29, 0.717) is 12.4 Å². The number of amides is 1. The fraction of sp³-hybridized carbons (Fsp3) is 0.273. The van der Waals surface area contributed by atoms with E-state index in [1.165, 1.54) is 12.1 Å². The van der Waals surface area contributed by atoms with E-state index in [9.17, 15) is 13.2 Å². The second-order valence-corrected chi connectivity index (χ2v) is 6.18. The zero-order valence-corrected chi connectivity index (χ0v) is 11.8. The number of hydrogen-bond donors (Lipinski definition) is 1. The average molecular weight is 300 g/mol. The summed E-state index contributed by atoms with van der Waals surface area (Å²) in [4.78, 5) is 11.0. The van der Waals surface area contributed by atoms with E-state index in [4.69, 9.17) is 4.74 Å². The van der Waals surface area contributed by atoms with Crippen molar-refractivity contribution in [3.05, 3.63) is 24.3 Å². The van der Waals surface area contributed by atoms with Crippen molar-refractivity contribution in [3.8, 4) is 5.75 Å². The van der Waals surface area contributed by atoms with E-state index in [1.807, 2.05) is 6.92 Å². The Kier molecular flexibility index (Phi) is 4.11. The summed E-state index contributed by atoms with van der Waals surface area (Å²) in [7, 11) is -3.80. The zero-order chi connectivity index (χ0) is 13.9. The quantitative estimate of drug-likeness (QED) is 0.896. The van der Waals surface area contributed by atoms with Crippen molar-refractivity contribution in [1.82, 2.24) is 5.32 Å². The Morgan fingerprint density at radius 3 is 2.58 bits per heavy atom. The molecule has 1 aliphatic heterocycles. The number of carbonyl (C=O) groups excluding carboxylic acids is 1. The largest absolute Gasteiger partial charge is 0.494 e. The summed E-state index contributed by atoms with van der Waals surface area (Å²) < 4.78 is 32.8. The van der Waals surface area contributed by atoms with E-state index in [2.05, 4.69) is 9.71 Å². The van der Waals surface area contributed by atoms with Gasteiger partial charge in [-0.2, -0.15) is 8.42 Å². The van der Waals surface area contributed by atoms with Gasteiger partial charge in [0, 0.05) is 0 Å². The van der Waals surface area contributed by atoms with Gasteiger partial charge in [0.25, 0.3) is 10.0 Å². The summed E-state index contributed by atoms with van der Waals surface area (Å²) in [6.45, 7) is 2.35. The number of nitrogens with one attached hydrogen (secondary N) is 1. The van der Waals surface area contributed by atoms with Crippen LogP contribution in [0.25, 0.3) is 0 Å². The number of carbonyl (C=O) groups is 1. The highest BCUT2D eigenvalue weighted by Gasteiger charge is 2.21. The summed E-state index contributed by atoms with van der Waals surface area (Å²) >= 11 is 1.07. The van der Waals surface area contributed by atoms with Crippen LogP contribution in [0.3, 0.4) is 0 Å². The van der Waals surface area contributed by atoms with Gasteiger partial charge in [-0.15, -0.1) is 4.40 Å². The number of nitrogens with zero attached hydrogens (tertiary/aromatic N) is 1. The highest BCUT2D eigenvalue weighted by atomic mass is 32.2. The third kappa shape index (κ3) is 3.48. The van der Waals surface area contributed by atoms with Gasteiger partial charge in [0.1, 0.15) is 5.75 Å². The van der Waals surface area contributed by atoms with Gasteiger partial charge in [0.2, 0.25) is 5.91 Å². The number of ether oxygens (including phenoxy) is 1. The minimum Gasteiger partial charge on any atom is -0.494 e. The van der Waals surface area contributed by atoms with Crippen LogP contribution in [0.4, 0.5) is 0 Å². The first-order valence-electron chi connectivity index (χ1n) is 5.52. The molecule has 1 aromatic rings. The zero-order valence-electron chi connectivity index (χ0n) is 10.1. The Labute approximate surface area is 115 Å². The molecule has 0 atom stereocenters. The predicted octanol–water partition coefficient (Wildman–Crippen LogP) is 0.993. The number of sulfonamides is 1. The lowest BCUT2D eigenvalue weighted by atomic mass is 10.3. The van der Waals surface area contributed by atoms with Crippen LogP contribution >= 0.6 is 11.8 Å². The number of thioether (sulfide) groups is 1. The number of hydrogen-bond acceptors (Lipinski definition) is 5. The van der Waals surface area contributed by atoms with Crippen LogP contribution < -0.4 is 10.1 Å². The first kappa shape index (κ1) is 13.9. The Balaban J connectivity index is 2.22. The minimum atomic E-state index is -3.80. The highest BCUT2D eigenvalue weighted by Crippen LogP contribution is 2.19. The van der Waals surface area contributed by atoms with Gasteiger partial charge in [-0.1, -0.05) is 11.8 Å². The first-order chi connectivity index (χ1) is 9.01. The number of rotatable bonds is 4. The van der Waals surface area contributed by atoms with Crippen molar-refractivity contribution in [3.63, 3.8) is 0 Å². The molecule has 19 heavy (non-hydrogen) atoms. The Morgan fingerprint density at radius 2 is 2.05 bits per heavy atom. The van der Waals surface area contributed by atoms with Gasteiger partial charge < -0.3 is 10.1 Å². The molecule has 1 heterocycles. The molecule has 0 aliphatic carbocycles. The Hall–Kier alpha value is -1.54. The summed E-state index contributed by atoms with van der Waals surface area (Å²) in [5.74, 6) is 0.542. The molecule has 2 rings (SSSR count). The van der Waals surface area contributed by atoms with E-state index in [-0.39, 0.29) is 21.7 Å². The maximum absolute atomic E-state index is 12.0. The lowest BCUT2D eigenvalue weighted by Crippen LogP contribution is -2.21. The monoisotopic (exact) mass is 300 g/mol. The van der Waals surface area contributed by atoms with Gasteiger partial charge in [0.15, 0.2) is 5.17 Å². The van der Waals surface area contributed by atoms with E-state index in [0.717, 1.165) is 11.8 Å². The van der Waals surface area contributed by atoms with Crippen molar-refractivity contribution < 1.29 is 17.9 Å². The third-order valence-corrected chi connectivity index (χ3v) is 4.50. The van der Waals surface area contributed by atoms with Crippen LogP contribution in [-0.2, 0) is 14.8 Å². The molecule has 1 N–H and O–H groups in total. The minimum absolute atomic E-state index is 0.0604. The van der Waals surface area contributed by atoms with Crippen LogP contribution in [0.5, 0.6) is 5.75 Å². The number of amidine groups is 1. The molecule has 102 valence electrons. The maximum Gasteiger partial charge on any atom is 0.284 e. The molecule has 1 aliphatic rings. The lowest BCUT2D eigenvalue weighted by Gasteiger charge is -2.04. The molecule has 0 radical (unpaired) electrons. The normalized spacial score (nSPS) is 17.5. The van der Waals surface area contributed by atoms with E-state index < -0.39 is 10.0 Å². The smallest absolute Gasteiger partial charge is 0.284 e. The molecule has 1 amide bonds. The van der Waals surface area contributed by atoms with Gasteiger partial charge in [-0.25, -0.2) is 0 Å². The van der Waals surface area contributed by atoms with Crippen molar-refractivity contribution in [2.24, 2.45) is 4.40 Å². The van der Waals surface area contributed by atoms with Crippen LogP contribution in [0.2, 0.25) is 0 Å². The second-order valence-electron chi connectivity index (χ2n) is 3.61. The van der Waals surface area contributed by atoms with Gasteiger partial charge >= 0.3 is 0 Å². The summed E-state index contributed by atoms with van der Waals surface area (Å²) in [6.07, 6.45) is 0. The standard InChI is InChI=1S/C11H12N2O4S2/c1-2-17-8-3-5-9(6-4-8)19(15,16)13-11-12-10(14)7-18-11/h3-6H,2,7H2,1H3,(H,12,13,14). The van der Waals surface area contributed by atoms with Gasteiger partial charge in [-0.05, 0) is 31.2 Å². The SMILES string of the molecule is CCOc1ccc(S(=O)(=O)/N=C2\NC(=O)CS2)cc1. The summed E-state index contributed by atoms with van der Waals surface area (Å²) in [5.41, 5.74) is 0. The Morgan fingerprint density at radius 1 is 1.37 bits per heavy atom. The molecule has 1 aromatic carbocycles. The molecular weight excluding hydrogens is 288 g/mol. The molecule has 8 heteroatoms. The fourth-order valence-electron chi connectivity index (χ4n) is 1.41. The van der Waals surface area contributed by atoms with Crippen molar-refractivity contribution in [1.29, 1.82) is 0 Å². The summed E-state index contributed by atoms with van der Waals surface area (Å²) in [6, 6.07) is 5.98. The molecule has 0 aromatic heterocycles. The Bertz CT molecular complexity index is 608. The van der Waals surface area contributed by atoms with Crippen LogP contribution in [-0.4, -0.2) is 31.9 Å². The average Bonchev–Trinajstić information content (AvgIpc) is 2.75. The van der Waals surface area contributed by atoms with Gasteiger partial charge in [-0.3, -0.25) is 4.79 Å². The maximum atomic E-state index is 12.0. The van der Waals surface area contributed by atoms with Crippen LogP contribution in [0.15, 0.2) is 33.6 Å². The molecule has 1 fully saturated rings. The molecule has 0 saturated carbocycles. The molecule has 0 unspecified atom stereocenters. The van der Waals surface area contributed by atoms with Crippen LogP contribution in [0.1, 0.15) is 6.92 Å². The highest BCUT2D eigenvalue weighted by molar-refractivity contribution is 8.15. The first-order valence-corrected chi connectivity index (χ1v) is 7.94. The lowest BCUT2D eigenvalue weighted by molar-refractivity contribution is -0.116. The molecule has 6 nitrogen and oxygen atoms in total. The topological polar surface area (TPSA) is 84.8 Å². The predicted molar refractivity (Wildman–Crippen MR) is 72.8 cm³/mol. The molecule has 0 bridgehead atoms. The second kappa shape index (κ2) is 5.62. The third-order valence-electron chi connectivity index (χ3n) is 2.22. The summed E-state index contributed by atoms with van der Waals surface area (Å²) in [5, 5.41) is 2.49. The fourth-order valence-corrected chi connectivity index (χ4v) is 3.29. The van der Waals surface area contributed by atoms with E-state index >= 15 is 0 Å². The van der Waals surface area contributed by atoms with E-state index in [1.54, 1.807) is 12.1 Å². The number of benzene rings is 1. The van der Waals surface area contributed by atoms with Crippen LogP contribution in [0, 0.1) is 0 Å². The molecule has 1 saturated heterocycles. The van der Waals surface area contributed by atoms with Crippen molar-refractivity contribution >= 4 is 32.9 Å². The van der Waals surface area contributed by atoms with Crippen molar-refractivity contribution in [2.75, 3.05) is 12.4 Å². The van der Waals surface area contributed by atoms with Gasteiger partial charge in [0.05, 0.1) is 17.3 Å². The van der Waals surface area contributed by atoms with Crippen molar-refractivity contribution in [2.45, 2.75) is 11.8 Å².